The lowest BCUT2D eigenvalue weighted by molar-refractivity contribution is 0.229. The lowest BCUT2D eigenvalue weighted by atomic mass is 10.0. The van der Waals surface area contributed by atoms with Gasteiger partial charge in [-0.25, -0.2) is 4.79 Å². The second-order valence-corrected chi connectivity index (χ2v) is 5.41. The summed E-state index contributed by atoms with van der Waals surface area (Å²) in [5.74, 6) is 0. The van der Waals surface area contributed by atoms with Crippen LogP contribution in [-0.4, -0.2) is 17.7 Å². The first-order valence-electron chi connectivity index (χ1n) is 6.52. The van der Waals surface area contributed by atoms with Crippen molar-refractivity contribution in [1.29, 1.82) is 0 Å². The zero-order valence-corrected chi connectivity index (χ0v) is 11.9. The molecular formula is C15H18N2O2S. The van der Waals surface area contributed by atoms with E-state index in [9.17, 15) is 4.79 Å². The van der Waals surface area contributed by atoms with E-state index in [1.54, 1.807) is 11.3 Å². The van der Waals surface area contributed by atoms with Gasteiger partial charge in [0.2, 0.25) is 0 Å². The number of carbonyl (C=O) groups is 1. The third-order valence-electron chi connectivity index (χ3n) is 2.93. The SMILES string of the molecule is O=C(NCc1cccs1)N[C@H](CCO)c1ccccc1. The minimum absolute atomic E-state index is 0.0325. The normalized spacial score (nSPS) is 11.8. The number of hydrogen-bond donors (Lipinski definition) is 3. The lowest BCUT2D eigenvalue weighted by Crippen LogP contribution is -2.37. The van der Waals surface area contributed by atoms with Gasteiger partial charge in [0.1, 0.15) is 0 Å². The third-order valence-corrected chi connectivity index (χ3v) is 3.80. The van der Waals surface area contributed by atoms with E-state index < -0.39 is 0 Å². The summed E-state index contributed by atoms with van der Waals surface area (Å²) < 4.78 is 0. The molecule has 4 nitrogen and oxygen atoms in total. The molecule has 106 valence electrons. The summed E-state index contributed by atoms with van der Waals surface area (Å²) >= 11 is 1.61. The maximum Gasteiger partial charge on any atom is 0.315 e. The fraction of sp³-hybridized carbons (Fsp3) is 0.267. The number of aliphatic hydroxyl groups excluding tert-OH is 1. The fourth-order valence-corrected chi connectivity index (χ4v) is 2.57. The van der Waals surface area contributed by atoms with Gasteiger partial charge in [-0.2, -0.15) is 0 Å². The molecule has 0 aliphatic rings. The van der Waals surface area contributed by atoms with E-state index in [2.05, 4.69) is 10.6 Å². The molecule has 3 N–H and O–H groups in total. The van der Waals surface area contributed by atoms with E-state index >= 15 is 0 Å². The number of benzene rings is 1. The van der Waals surface area contributed by atoms with Crippen LogP contribution in [0.2, 0.25) is 0 Å². The van der Waals surface area contributed by atoms with Crippen LogP contribution >= 0.6 is 11.3 Å². The van der Waals surface area contributed by atoms with Gasteiger partial charge in [-0.3, -0.25) is 0 Å². The number of thiophene rings is 1. The smallest absolute Gasteiger partial charge is 0.315 e. The van der Waals surface area contributed by atoms with E-state index in [0.717, 1.165) is 10.4 Å². The van der Waals surface area contributed by atoms with Crippen LogP contribution in [0.4, 0.5) is 4.79 Å². The monoisotopic (exact) mass is 290 g/mol. The number of rotatable bonds is 6. The number of amides is 2. The van der Waals surface area contributed by atoms with Gasteiger partial charge in [-0.1, -0.05) is 36.4 Å². The van der Waals surface area contributed by atoms with E-state index in [0.29, 0.717) is 13.0 Å². The van der Waals surface area contributed by atoms with Crippen molar-refractivity contribution in [3.63, 3.8) is 0 Å². The van der Waals surface area contributed by atoms with Crippen molar-refractivity contribution in [1.82, 2.24) is 10.6 Å². The van der Waals surface area contributed by atoms with Crippen molar-refractivity contribution >= 4 is 17.4 Å². The Morgan fingerprint density at radius 1 is 1.20 bits per heavy atom. The van der Waals surface area contributed by atoms with Crippen LogP contribution < -0.4 is 10.6 Å². The summed E-state index contributed by atoms with van der Waals surface area (Å²) in [6, 6.07) is 13.2. The third kappa shape index (κ3) is 4.36. The topological polar surface area (TPSA) is 61.4 Å². The van der Waals surface area contributed by atoms with E-state index in [1.807, 2.05) is 47.8 Å². The second kappa shape index (κ2) is 7.67. The second-order valence-electron chi connectivity index (χ2n) is 4.38. The molecule has 0 aliphatic carbocycles. The van der Waals surface area contributed by atoms with Gasteiger partial charge < -0.3 is 15.7 Å². The minimum Gasteiger partial charge on any atom is -0.396 e. The number of urea groups is 1. The van der Waals surface area contributed by atoms with Crippen LogP contribution in [-0.2, 0) is 6.54 Å². The molecule has 0 fully saturated rings. The van der Waals surface area contributed by atoms with Crippen LogP contribution in [0.15, 0.2) is 47.8 Å². The maximum atomic E-state index is 11.9. The van der Waals surface area contributed by atoms with Crippen molar-refractivity contribution in [2.24, 2.45) is 0 Å². The van der Waals surface area contributed by atoms with Crippen LogP contribution in [0.1, 0.15) is 22.9 Å². The van der Waals surface area contributed by atoms with E-state index in [4.69, 9.17) is 5.11 Å². The molecule has 0 saturated carbocycles. The molecule has 1 atom stereocenters. The highest BCUT2D eigenvalue weighted by molar-refractivity contribution is 7.09. The van der Waals surface area contributed by atoms with Gasteiger partial charge in [0.05, 0.1) is 12.6 Å². The number of nitrogens with one attached hydrogen (secondary N) is 2. The molecule has 0 bridgehead atoms. The molecule has 0 saturated heterocycles. The molecule has 1 heterocycles. The Kier molecular flexibility index (Phi) is 5.58. The van der Waals surface area contributed by atoms with Gasteiger partial charge in [0, 0.05) is 11.5 Å². The summed E-state index contributed by atoms with van der Waals surface area (Å²) in [5, 5.41) is 16.8. The summed E-state index contributed by atoms with van der Waals surface area (Å²) in [4.78, 5) is 13.0. The summed E-state index contributed by atoms with van der Waals surface area (Å²) in [6.45, 7) is 0.550. The predicted octanol–water partition coefficient (Wildman–Crippen LogP) is 2.67. The predicted molar refractivity (Wildman–Crippen MR) is 80.6 cm³/mol. The largest absolute Gasteiger partial charge is 0.396 e. The molecule has 2 amide bonds. The lowest BCUT2D eigenvalue weighted by Gasteiger charge is -2.18. The van der Waals surface area contributed by atoms with Gasteiger partial charge >= 0.3 is 6.03 Å². The van der Waals surface area contributed by atoms with Gasteiger partial charge in [-0.05, 0) is 23.4 Å². The van der Waals surface area contributed by atoms with Crippen molar-refractivity contribution in [2.45, 2.75) is 19.0 Å². The molecule has 1 aromatic heterocycles. The standard InChI is InChI=1S/C15H18N2O2S/c18-9-8-14(12-5-2-1-3-6-12)17-15(19)16-11-13-7-4-10-20-13/h1-7,10,14,18H,8-9,11H2,(H2,16,17,19)/t14-/m1/s1. The van der Waals surface area contributed by atoms with Crippen molar-refractivity contribution in [3.05, 3.63) is 58.3 Å². The first-order valence-corrected chi connectivity index (χ1v) is 7.40. The average molecular weight is 290 g/mol. The Morgan fingerprint density at radius 2 is 2.00 bits per heavy atom. The number of carbonyl (C=O) groups excluding carboxylic acids is 1. The van der Waals surface area contributed by atoms with Crippen LogP contribution in [0.5, 0.6) is 0 Å². The zero-order chi connectivity index (χ0) is 14.2. The highest BCUT2D eigenvalue weighted by Crippen LogP contribution is 2.15. The van der Waals surface area contributed by atoms with Gasteiger partial charge in [0.25, 0.3) is 0 Å². The Bertz CT molecular complexity index is 514. The summed E-state index contributed by atoms with van der Waals surface area (Å²) in [6.07, 6.45) is 0.496. The van der Waals surface area contributed by atoms with Crippen molar-refractivity contribution < 1.29 is 9.90 Å². The summed E-state index contributed by atoms with van der Waals surface area (Å²) in [7, 11) is 0. The van der Waals surface area contributed by atoms with Gasteiger partial charge in [0.15, 0.2) is 0 Å². The molecule has 20 heavy (non-hydrogen) atoms. The molecular weight excluding hydrogens is 272 g/mol. The van der Waals surface area contributed by atoms with Crippen LogP contribution in [0.3, 0.4) is 0 Å². The van der Waals surface area contributed by atoms with Gasteiger partial charge in [-0.15, -0.1) is 11.3 Å². The van der Waals surface area contributed by atoms with Crippen LogP contribution in [0.25, 0.3) is 0 Å². The highest BCUT2D eigenvalue weighted by atomic mass is 32.1. The maximum absolute atomic E-state index is 11.9. The molecule has 5 heteroatoms. The Balaban J connectivity index is 1.89. The molecule has 2 aromatic rings. The zero-order valence-electron chi connectivity index (χ0n) is 11.1. The molecule has 2 rings (SSSR count). The Hall–Kier alpha value is -1.85. The average Bonchev–Trinajstić information content (AvgIpc) is 2.99. The van der Waals surface area contributed by atoms with Crippen molar-refractivity contribution in [2.75, 3.05) is 6.61 Å². The Morgan fingerprint density at radius 3 is 2.65 bits per heavy atom. The number of aliphatic hydroxyl groups is 1. The molecule has 0 radical (unpaired) electrons. The first kappa shape index (κ1) is 14.6. The fourth-order valence-electron chi connectivity index (χ4n) is 1.93. The first-order chi connectivity index (χ1) is 9.79. The number of hydrogen-bond acceptors (Lipinski definition) is 3. The minimum atomic E-state index is -0.222. The van der Waals surface area contributed by atoms with E-state index in [-0.39, 0.29) is 18.7 Å². The quantitative estimate of drug-likeness (QED) is 0.766. The molecule has 1 aromatic carbocycles. The molecule has 0 aliphatic heterocycles. The molecule has 0 spiro atoms. The Labute approximate surface area is 122 Å². The molecule has 0 unspecified atom stereocenters. The van der Waals surface area contributed by atoms with Crippen LogP contribution in [0, 0.1) is 0 Å². The van der Waals surface area contributed by atoms with E-state index in [1.165, 1.54) is 0 Å². The van der Waals surface area contributed by atoms with Crippen molar-refractivity contribution in [3.8, 4) is 0 Å². The highest BCUT2D eigenvalue weighted by Gasteiger charge is 2.13. The summed E-state index contributed by atoms with van der Waals surface area (Å²) in [5.41, 5.74) is 0.993.